The van der Waals surface area contributed by atoms with Gasteiger partial charge in [-0.25, -0.2) is 9.37 Å². The van der Waals surface area contributed by atoms with Gasteiger partial charge in [-0.3, -0.25) is 4.79 Å². The number of hydrogen-bond donors (Lipinski definition) is 2. The molecule has 0 spiro atoms. The molecule has 0 atom stereocenters. The van der Waals surface area contributed by atoms with Crippen molar-refractivity contribution in [2.75, 3.05) is 36.4 Å². The van der Waals surface area contributed by atoms with Crippen LogP contribution in [0.5, 0.6) is 0 Å². The molecule has 6 nitrogen and oxygen atoms in total. The number of anilines is 2. The molecule has 1 aromatic heterocycles. The number of nitrogens with zero attached hydrogens (tertiary/aromatic N) is 3. The van der Waals surface area contributed by atoms with E-state index in [9.17, 15) is 9.18 Å². The van der Waals surface area contributed by atoms with Crippen LogP contribution >= 0.6 is 0 Å². The minimum atomic E-state index is -0.534. The number of rotatable bonds is 7. The summed E-state index contributed by atoms with van der Waals surface area (Å²) in [6.07, 6.45) is 1.11. The van der Waals surface area contributed by atoms with Crippen molar-refractivity contribution >= 4 is 17.7 Å². The Bertz CT molecular complexity index is 427. The lowest BCUT2D eigenvalue weighted by Gasteiger charge is -2.21. The first-order valence-corrected chi connectivity index (χ1v) is 6.40. The molecule has 19 heavy (non-hydrogen) atoms. The van der Waals surface area contributed by atoms with Crippen LogP contribution in [0.4, 0.5) is 16.2 Å². The molecule has 1 rings (SSSR count). The van der Waals surface area contributed by atoms with Crippen LogP contribution in [0.1, 0.15) is 20.8 Å². The van der Waals surface area contributed by atoms with E-state index in [0.717, 1.165) is 6.20 Å². The van der Waals surface area contributed by atoms with E-state index in [0.29, 0.717) is 25.6 Å². The topological polar surface area (TPSA) is 70.2 Å². The SMILES string of the molecule is CCNC(=O)CN(CC)c1nc(NCC)ncc1F. The number of nitrogens with one attached hydrogen (secondary N) is 2. The fraction of sp³-hybridized carbons (Fsp3) is 0.583. The van der Waals surface area contributed by atoms with Crippen LogP contribution in [-0.4, -0.2) is 42.1 Å². The van der Waals surface area contributed by atoms with Gasteiger partial charge in [0.25, 0.3) is 0 Å². The van der Waals surface area contributed by atoms with Crippen LogP contribution in [0.3, 0.4) is 0 Å². The minimum Gasteiger partial charge on any atom is -0.355 e. The maximum Gasteiger partial charge on any atom is 0.239 e. The lowest BCUT2D eigenvalue weighted by Crippen LogP contribution is -2.38. The van der Waals surface area contributed by atoms with Gasteiger partial charge in [0, 0.05) is 19.6 Å². The fourth-order valence-corrected chi connectivity index (χ4v) is 1.59. The Hall–Kier alpha value is -1.92. The third-order valence-electron chi connectivity index (χ3n) is 2.45. The van der Waals surface area contributed by atoms with Crippen molar-refractivity contribution in [1.82, 2.24) is 15.3 Å². The molecule has 0 bridgehead atoms. The molecular weight excluding hydrogens is 249 g/mol. The summed E-state index contributed by atoms with van der Waals surface area (Å²) in [7, 11) is 0. The van der Waals surface area contributed by atoms with Crippen molar-refractivity contribution in [3.63, 3.8) is 0 Å². The zero-order chi connectivity index (χ0) is 14.3. The Kier molecular flexibility index (Phi) is 5.98. The van der Waals surface area contributed by atoms with E-state index in [1.165, 1.54) is 0 Å². The number of carbonyl (C=O) groups is 1. The highest BCUT2D eigenvalue weighted by molar-refractivity contribution is 5.81. The van der Waals surface area contributed by atoms with E-state index in [1.807, 2.05) is 20.8 Å². The van der Waals surface area contributed by atoms with Crippen LogP contribution < -0.4 is 15.5 Å². The van der Waals surface area contributed by atoms with Gasteiger partial charge in [0.15, 0.2) is 11.6 Å². The van der Waals surface area contributed by atoms with E-state index in [2.05, 4.69) is 20.6 Å². The number of carbonyl (C=O) groups excluding carboxylic acids is 1. The standard InChI is InChI=1S/C12H20FN5O/c1-4-14-10(19)8-18(6-3)11-9(13)7-16-12(17-11)15-5-2/h7H,4-6,8H2,1-3H3,(H,14,19)(H,15,16,17). The quantitative estimate of drug-likeness (QED) is 0.773. The van der Waals surface area contributed by atoms with E-state index in [4.69, 9.17) is 0 Å². The second kappa shape index (κ2) is 7.50. The van der Waals surface area contributed by atoms with Gasteiger partial charge in [-0.05, 0) is 20.8 Å². The third kappa shape index (κ3) is 4.35. The monoisotopic (exact) mass is 269 g/mol. The summed E-state index contributed by atoms with van der Waals surface area (Å²) >= 11 is 0. The third-order valence-corrected chi connectivity index (χ3v) is 2.45. The number of aromatic nitrogens is 2. The van der Waals surface area contributed by atoms with Gasteiger partial charge in [-0.15, -0.1) is 0 Å². The van der Waals surface area contributed by atoms with E-state index >= 15 is 0 Å². The Morgan fingerprint density at radius 3 is 2.68 bits per heavy atom. The second-order valence-corrected chi connectivity index (χ2v) is 3.86. The van der Waals surface area contributed by atoms with Gasteiger partial charge < -0.3 is 15.5 Å². The number of hydrogen-bond acceptors (Lipinski definition) is 5. The molecule has 0 aliphatic heterocycles. The van der Waals surface area contributed by atoms with Gasteiger partial charge in [0.2, 0.25) is 11.9 Å². The van der Waals surface area contributed by atoms with Crippen molar-refractivity contribution in [1.29, 1.82) is 0 Å². The zero-order valence-electron chi connectivity index (χ0n) is 11.5. The average Bonchev–Trinajstić information content (AvgIpc) is 2.39. The van der Waals surface area contributed by atoms with E-state index < -0.39 is 5.82 Å². The molecule has 0 saturated heterocycles. The maximum absolute atomic E-state index is 13.8. The summed E-state index contributed by atoms with van der Waals surface area (Å²) in [5.74, 6) is -0.201. The Morgan fingerprint density at radius 2 is 2.11 bits per heavy atom. The highest BCUT2D eigenvalue weighted by Gasteiger charge is 2.16. The summed E-state index contributed by atoms with van der Waals surface area (Å²) in [6.45, 7) is 7.33. The lowest BCUT2D eigenvalue weighted by molar-refractivity contribution is -0.119. The Morgan fingerprint density at radius 1 is 1.37 bits per heavy atom. The summed E-state index contributed by atoms with van der Waals surface area (Å²) in [6, 6.07) is 0. The predicted molar refractivity (Wildman–Crippen MR) is 72.7 cm³/mol. The molecule has 1 amide bonds. The van der Waals surface area contributed by atoms with Crippen LogP contribution in [-0.2, 0) is 4.79 Å². The molecule has 1 aromatic rings. The summed E-state index contributed by atoms with van der Waals surface area (Å²) in [4.78, 5) is 21.1. The highest BCUT2D eigenvalue weighted by atomic mass is 19.1. The Labute approximate surface area is 112 Å². The molecule has 0 aliphatic carbocycles. The summed E-state index contributed by atoms with van der Waals surface area (Å²) < 4.78 is 13.8. The lowest BCUT2D eigenvalue weighted by atomic mass is 10.4. The van der Waals surface area contributed by atoms with Crippen molar-refractivity contribution in [3.05, 3.63) is 12.0 Å². The normalized spacial score (nSPS) is 10.1. The number of amides is 1. The van der Waals surface area contributed by atoms with Gasteiger partial charge in [-0.1, -0.05) is 0 Å². The van der Waals surface area contributed by atoms with Crippen LogP contribution in [0.2, 0.25) is 0 Å². The summed E-state index contributed by atoms with van der Waals surface area (Å²) in [5, 5.41) is 5.59. The molecule has 0 fully saturated rings. The Balaban J connectivity index is 2.90. The molecule has 0 aliphatic rings. The highest BCUT2D eigenvalue weighted by Crippen LogP contribution is 2.16. The fourth-order valence-electron chi connectivity index (χ4n) is 1.59. The molecule has 0 saturated carbocycles. The molecular formula is C12H20FN5O. The van der Waals surface area contributed by atoms with Gasteiger partial charge in [-0.2, -0.15) is 4.98 Å². The van der Waals surface area contributed by atoms with Crippen molar-refractivity contribution < 1.29 is 9.18 Å². The molecule has 0 radical (unpaired) electrons. The van der Waals surface area contributed by atoms with Crippen LogP contribution in [0.15, 0.2) is 6.20 Å². The van der Waals surface area contributed by atoms with E-state index in [1.54, 1.807) is 4.90 Å². The smallest absolute Gasteiger partial charge is 0.239 e. The van der Waals surface area contributed by atoms with Crippen molar-refractivity contribution in [2.45, 2.75) is 20.8 Å². The van der Waals surface area contributed by atoms with Crippen molar-refractivity contribution in [3.8, 4) is 0 Å². The first kappa shape index (κ1) is 15.1. The zero-order valence-corrected chi connectivity index (χ0v) is 11.5. The second-order valence-electron chi connectivity index (χ2n) is 3.86. The largest absolute Gasteiger partial charge is 0.355 e. The summed E-state index contributed by atoms with van der Waals surface area (Å²) in [5.41, 5.74) is 0. The molecule has 7 heteroatoms. The average molecular weight is 269 g/mol. The van der Waals surface area contributed by atoms with Crippen LogP contribution in [0.25, 0.3) is 0 Å². The predicted octanol–water partition coefficient (Wildman–Crippen LogP) is 1.01. The molecule has 0 aromatic carbocycles. The van der Waals surface area contributed by atoms with E-state index in [-0.39, 0.29) is 18.3 Å². The number of likely N-dealkylation sites (N-methyl/N-ethyl adjacent to an activating group) is 2. The minimum absolute atomic E-state index is 0.0733. The first-order valence-electron chi connectivity index (χ1n) is 6.40. The van der Waals surface area contributed by atoms with Crippen LogP contribution in [0, 0.1) is 5.82 Å². The van der Waals surface area contributed by atoms with Gasteiger partial charge >= 0.3 is 0 Å². The molecule has 106 valence electrons. The van der Waals surface area contributed by atoms with Gasteiger partial charge in [0.1, 0.15) is 0 Å². The number of halogens is 1. The van der Waals surface area contributed by atoms with Gasteiger partial charge in [0.05, 0.1) is 12.7 Å². The molecule has 0 unspecified atom stereocenters. The maximum atomic E-state index is 13.8. The molecule has 2 N–H and O–H groups in total. The first-order chi connectivity index (χ1) is 9.12. The van der Waals surface area contributed by atoms with Crippen molar-refractivity contribution in [2.24, 2.45) is 0 Å². The molecule has 1 heterocycles.